The van der Waals surface area contributed by atoms with Gasteiger partial charge in [0.2, 0.25) is 0 Å². The molecular weight excluding hydrogens is 317 g/mol. The summed E-state index contributed by atoms with van der Waals surface area (Å²) in [6.45, 7) is 4.67. The second kappa shape index (κ2) is 6.53. The van der Waals surface area contributed by atoms with Crippen LogP contribution in [0.3, 0.4) is 0 Å². The minimum atomic E-state index is 0.438. The fourth-order valence-electron chi connectivity index (χ4n) is 1.69. The largest absolute Gasteiger partial charge is 0.369 e. The van der Waals surface area contributed by atoms with Crippen molar-refractivity contribution in [1.82, 2.24) is 4.98 Å². The van der Waals surface area contributed by atoms with Gasteiger partial charge in [-0.15, -0.1) is 0 Å². The Balaban J connectivity index is 2.35. The zero-order valence-electron chi connectivity index (χ0n) is 11.1. The average molecular weight is 331 g/mol. The van der Waals surface area contributed by atoms with Crippen LogP contribution in [-0.4, -0.2) is 11.5 Å². The Morgan fingerprint density at radius 3 is 2.35 bits per heavy atom. The topological polar surface area (TPSA) is 37.0 Å². The molecule has 3 nitrogen and oxygen atoms in total. The van der Waals surface area contributed by atoms with Crippen LogP contribution < -0.4 is 10.6 Å². The molecule has 20 heavy (non-hydrogen) atoms. The van der Waals surface area contributed by atoms with Crippen LogP contribution in [0.15, 0.2) is 24.3 Å². The maximum Gasteiger partial charge on any atom is 0.151 e. The average Bonchev–Trinajstić information content (AvgIpc) is 2.38. The van der Waals surface area contributed by atoms with Gasteiger partial charge in [-0.25, -0.2) is 4.98 Å². The first kappa shape index (κ1) is 15.2. The summed E-state index contributed by atoms with van der Waals surface area (Å²) in [4.78, 5) is 4.38. The Labute approximate surface area is 133 Å². The molecule has 2 N–H and O–H groups in total. The second-order valence-electron chi connectivity index (χ2n) is 4.29. The molecule has 1 aromatic heterocycles. The van der Waals surface area contributed by atoms with Gasteiger partial charge in [0.05, 0.1) is 20.8 Å². The highest BCUT2D eigenvalue weighted by Gasteiger charge is 2.10. The summed E-state index contributed by atoms with van der Waals surface area (Å²) in [5, 5.41) is 7.73. The standard InChI is InChI=1S/C14H14Cl3N3/c1-3-18-13-10(16)7-11(17)14(20-13)19-12-5-4-8(2)6-9(12)15/h4-7H,3H2,1-2H3,(H2,18,19,20). The lowest BCUT2D eigenvalue weighted by Gasteiger charge is -2.13. The molecule has 0 fully saturated rings. The molecule has 1 aromatic carbocycles. The van der Waals surface area contributed by atoms with Crippen LogP contribution in [0.2, 0.25) is 15.1 Å². The number of aromatic nitrogens is 1. The Morgan fingerprint density at radius 2 is 1.70 bits per heavy atom. The van der Waals surface area contributed by atoms with E-state index in [-0.39, 0.29) is 0 Å². The fraction of sp³-hybridized carbons (Fsp3) is 0.214. The highest BCUT2D eigenvalue weighted by Crippen LogP contribution is 2.33. The van der Waals surface area contributed by atoms with Crippen molar-refractivity contribution in [2.24, 2.45) is 0 Å². The number of benzene rings is 1. The van der Waals surface area contributed by atoms with Crippen LogP contribution in [0.1, 0.15) is 12.5 Å². The van der Waals surface area contributed by atoms with Crippen molar-refractivity contribution in [3.05, 3.63) is 44.9 Å². The van der Waals surface area contributed by atoms with Gasteiger partial charge in [0.15, 0.2) is 5.82 Å². The highest BCUT2D eigenvalue weighted by atomic mass is 35.5. The fourth-order valence-corrected chi connectivity index (χ4v) is 2.45. The molecule has 106 valence electrons. The molecule has 0 saturated heterocycles. The van der Waals surface area contributed by atoms with E-state index in [2.05, 4.69) is 15.6 Å². The van der Waals surface area contributed by atoms with E-state index in [1.807, 2.05) is 32.0 Å². The van der Waals surface area contributed by atoms with Crippen molar-refractivity contribution in [2.45, 2.75) is 13.8 Å². The van der Waals surface area contributed by atoms with E-state index in [4.69, 9.17) is 34.8 Å². The van der Waals surface area contributed by atoms with Crippen molar-refractivity contribution in [1.29, 1.82) is 0 Å². The molecule has 0 saturated carbocycles. The summed E-state index contributed by atoms with van der Waals surface area (Å²) >= 11 is 18.4. The van der Waals surface area contributed by atoms with Crippen LogP contribution in [0.25, 0.3) is 0 Å². The maximum atomic E-state index is 6.19. The summed E-state index contributed by atoms with van der Waals surface area (Å²) < 4.78 is 0. The second-order valence-corrected chi connectivity index (χ2v) is 5.51. The predicted molar refractivity (Wildman–Crippen MR) is 87.9 cm³/mol. The molecule has 0 aliphatic rings. The van der Waals surface area contributed by atoms with Crippen LogP contribution in [0.5, 0.6) is 0 Å². The van der Waals surface area contributed by atoms with Gasteiger partial charge in [-0.1, -0.05) is 40.9 Å². The van der Waals surface area contributed by atoms with Gasteiger partial charge in [-0.2, -0.15) is 0 Å². The summed E-state index contributed by atoms with van der Waals surface area (Å²) in [5.41, 5.74) is 1.83. The number of hydrogen-bond donors (Lipinski definition) is 2. The Hall–Kier alpha value is -1.16. The van der Waals surface area contributed by atoms with Crippen molar-refractivity contribution < 1.29 is 0 Å². The normalized spacial score (nSPS) is 10.4. The predicted octanol–water partition coefficient (Wildman–Crippen LogP) is 5.53. The van der Waals surface area contributed by atoms with Gasteiger partial charge in [0.25, 0.3) is 0 Å². The minimum Gasteiger partial charge on any atom is -0.369 e. The van der Waals surface area contributed by atoms with Gasteiger partial charge in [0.1, 0.15) is 5.82 Å². The van der Waals surface area contributed by atoms with Gasteiger partial charge in [0, 0.05) is 6.54 Å². The van der Waals surface area contributed by atoms with E-state index < -0.39 is 0 Å². The molecule has 0 aliphatic carbocycles. The molecule has 0 spiro atoms. The summed E-state index contributed by atoms with van der Waals surface area (Å²) in [7, 11) is 0. The lowest BCUT2D eigenvalue weighted by Crippen LogP contribution is -2.03. The third-order valence-corrected chi connectivity index (χ3v) is 3.54. The van der Waals surface area contributed by atoms with Crippen LogP contribution >= 0.6 is 34.8 Å². The highest BCUT2D eigenvalue weighted by molar-refractivity contribution is 6.37. The third kappa shape index (κ3) is 3.48. The molecule has 2 rings (SSSR count). The van der Waals surface area contributed by atoms with Crippen molar-refractivity contribution in [3.8, 4) is 0 Å². The number of rotatable bonds is 4. The summed E-state index contributed by atoms with van der Waals surface area (Å²) in [6.07, 6.45) is 0. The smallest absolute Gasteiger partial charge is 0.151 e. The molecule has 0 aliphatic heterocycles. The van der Waals surface area contributed by atoms with E-state index >= 15 is 0 Å². The number of anilines is 3. The van der Waals surface area contributed by atoms with E-state index in [1.54, 1.807) is 6.07 Å². The molecule has 0 amide bonds. The SMILES string of the molecule is CCNc1nc(Nc2ccc(C)cc2Cl)c(Cl)cc1Cl. The van der Waals surface area contributed by atoms with Crippen LogP contribution in [-0.2, 0) is 0 Å². The quantitative estimate of drug-likeness (QED) is 0.774. The lowest BCUT2D eigenvalue weighted by atomic mass is 10.2. The number of halogens is 3. The molecule has 1 heterocycles. The number of aryl methyl sites for hydroxylation is 1. The first-order valence-corrected chi connectivity index (χ1v) is 7.27. The van der Waals surface area contributed by atoms with Gasteiger partial charge < -0.3 is 10.6 Å². The summed E-state index contributed by atoms with van der Waals surface area (Å²) in [5.74, 6) is 1.10. The van der Waals surface area contributed by atoms with E-state index in [0.717, 1.165) is 17.8 Å². The molecule has 0 radical (unpaired) electrons. The monoisotopic (exact) mass is 329 g/mol. The van der Waals surface area contributed by atoms with Gasteiger partial charge in [-0.05, 0) is 37.6 Å². The van der Waals surface area contributed by atoms with Crippen LogP contribution in [0.4, 0.5) is 17.3 Å². The van der Waals surface area contributed by atoms with E-state index in [1.165, 1.54) is 0 Å². The third-order valence-electron chi connectivity index (χ3n) is 2.65. The van der Waals surface area contributed by atoms with Gasteiger partial charge >= 0.3 is 0 Å². The molecule has 0 atom stereocenters. The van der Waals surface area contributed by atoms with Gasteiger partial charge in [-0.3, -0.25) is 0 Å². The Kier molecular flexibility index (Phi) is 4.97. The molecule has 0 unspecified atom stereocenters. The number of hydrogen-bond acceptors (Lipinski definition) is 3. The van der Waals surface area contributed by atoms with Crippen LogP contribution in [0, 0.1) is 6.92 Å². The first-order valence-electron chi connectivity index (χ1n) is 6.14. The molecule has 0 bridgehead atoms. The number of nitrogens with zero attached hydrogens (tertiary/aromatic N) is 1. The number of pyridine rings is 1. The maximum absolute atomic E-state index is 6.19. The molecule has 6 heteroatoms. The summed E-state index contributed by atoms with van der Waals surface area (Å²) in [6, 6.07) is 7.37. The van der Waals surface area contributed by atoms with Crippen molar-refractivity contribution in [3.63, 3.8) is 0 Å². The molecule has 2 aromatic rings. The zero-order chi connectivity index (χ0) is 14.7. The zero-order valence-corrected chi connectivity index (χ0v) is 13.4. The van der Waals surface area contributed by atoms with E-state index in [9.17, 15) is 0 Å². The number of nitrogens with one attached hydrogen (secondary N) is 2. The lowest BCUT2D eigenvalue weighted by molar-refractivity contribution is 1.16. The Bertz CT molecular complexity index is 629. The minimum absolute atomic E-state index is 0.438. The Morgan fingerprint density at radius 1 is 1.00 bits per heavy atom. The van der Waals surface area contributed by atoms with Crippen molar-refractivity contribution in [2.75, 3.05) is 17.2 Å². The molecular formula is C14H14Cl3N3. The van der Waals surface area contributed by atoms with E-state index in [0.29, 0.717) is 26.7 Å². The first-order chi connectivity index (χ1) is 9.51. The van der Waals surface area contributed by atoms with Crippen molar-refractivity contribution >= 4 is 52.1 Å².